The summed E-state index contributed by atoms with van der Waals surface area (Å²) in [5.74, 6) is 0.727. The van der Waals surface area contributed by atoms with Crippen molar-refractivity contribution in [3.63, 3.8) is 0 Å². The molecule has 2 aliphatic heterocycles. The SMILES string of the molecule is CC(C)CN(C)C1(CN)CCN2CCCC2C1. The number of hydrogen-bond donors (Lipinski definition) is 1. The zero-order valence-corrected chi connectivity index (χ0v) is 11.8. The second kappa shape index (κ2) is 5.25. The minimum Gasteiger partial charge on any atom is -0.329 e. The van der Waals surface area contributed by atoms with E-state index in [2.05, 4.69) is 30.7 Å². The molecule has 0 amide bonds. The fourth-order valence-electron chi connectivity index (χ4n) is 3.74. The molecule has 0 aromatic carbocycles. The summed E-state index contributed by atoms with van der Waals surface area (Å²) in [5, 5.41) is 0. The minimum absolute atomic E-state index is 0.274. The molecular formula is C14H29N3. The Morgan fingerprint density at radius 3 is 2.82 bits per heavy atom. The highest BCUT2D eigenvalue weighted by atomic mass is 15.3. The fraction of sp³-hybridized carbons (Fsp3) is 1.00. The van der Waals surface area contributed by atoms with Crippen molar-refractivity contribution >= 4 is 0 Å². The zero-order valence-electron chi connectivity index (χ0n) is 11.8. The van der Waals surface area contributed by atoms with Gasteiger partial charge in [0, 0.05) is 31.2 Å². The van der Waals surface area contributed by atoms with Gasteiger partial charge in [0.05, 0.1) is 0 Å². The van der Waals surface area contributed by atoms with Crippen molar-refractivity contribution in [1.82, 2.24) is 9.80 Å². The van der Waals surface area contributed by atoms with Crippen LogP contribution in [0, 0.1) is 5.92 Å². The first kappa shape index (κ1) is 13.3. The van der Waals surface area contributed by atoms with Gasteiger partial charge in [-0.3, -0.25) is 4.90 Å². The van der Waals surface area contributed by atoms with Crippen LogP contribution in [0.25, 0.3) is 0 Å². The maximum Gasteiger partial charge on any atom is 0.0355 e. The van der Waals surface area contributed by atoms with E-state index in [4.69, 9.17) is 5.73 Å². The lowest BCUT2D eigenvalue weighted by molar-refractivity contribution is 0.0206. The average Bonchev–Trinajstić information content (AvgIpc) is 2.74. The second-order valence-corrected chi connectivity index (χ2v) is 6.49. The highest BCUT2D eigenvalue weighted by Crippen LogP contribution is 2.36. The van der Waals surface area contributed by atoms with Gasteiger partial charge in [0.15, 0.2) is 0 Å². The van der Waals surface area contributed by atoms with Crippen LogP contribution in [0.15, 0.2) is 0 Å². The summed E-state index contributed by atoms with van der Waals surface area (Å²) >= 11 is 0. The molecule has 2 aliphatic rings. The number of piperidine rings is 1. The number of fused-ring (bicyclic) bond motifs is 1. The van der Waals surface area contributed by atoms with E-state index in [0.717, 1.165) is 18.5 Å². The molecule has 2 saturated heterocycles. The van der Waals surface area contributed by atoms with Crippen LogP contribution in [-0.4, -0.2) is 54.6 Å². The van der Waals surface area contributed by atoms with Crippen molar-refractivity contribution in [1.29, 1.82) is 0 Å². The zero-order chi connectivity index (χ0) is 12.5. The maximum atomic E-state index is 6.14. The Balaban J connectivity index is 2.04. The van der Waals surface area contributed by atoms with Gasteiger partial charge in [-0.15, -0.1) is 0 Å². The Kier molecular flexibility index (Phi) is 4.11. The van der Waals surface area contributed by atoms with Crippen LogP contribution in [-0.2, 0) is 0 Å². The molecular weight excluding hydrogens is 210 g/mol. The highest BCUT2D eigenvalue weighted by Gasteiger charge is 2.42. The summed E-state index contributed by atoms with van der Waals surface area (Å²) in [6, 6.07) is 0.807. The molecule has 2 rings (SSSR count). The highest BCUT2D eigenvalue weighted by molar-refractivity contribution is 5.01. The molecule has 0 saturated carbocycles. The van der Waals surface area contributed by atoms with Gasteiger partial charge in [-0.1, -0.05) is 13.8 Å². The predicted octanol–water partition coefficient (Wildman–Crippen LogP) is 1.53. The van der Waals surface area contributed by atoms with Crippen LogP contribution in [0.4, 0.5) is 0 Å². The third kappa shape index (κ3) is 2.67. The maximum absolute atomic E-state index is 6.14. The molecule has 0 aromatic heterocycles. The van der Waals surface area contributed by atoms with Crippen LogP contribution in [0.1, 0.15) is 39.5 Å². The first-order valence-electron chi connectivity index (χ1n) is 7.23. The summed E-state index contributed by atoms with van der Waals surface area (Å²) in [5.41, 5.74) is 6.41. The Bertz CT molecular complexity index is 254. The van der Waals surface area contributed by atoms with E-state index in [1.807, 2.05) is 0 Å². The lowest BCUT2D eigenvalue weighted by Crippen LogP contribution is -2.60. The molecule has 0 spiro atoms. The van der Waals surface area contributed by atoms with Crippen LogP contribution < -0.4 is 5.73 Å². The predicted molar refractivity (Wildman–Crippen MR) is 73.1 cm³/mol. The summed E-state index contributed by atoms with van der Waals surface area (Å²) in [7, 11) is 2.28. The van der Waals surface area contributed by atoms with Gasteiger partial charge in [0.1, 0.15) is 0 Å². The van der Waals surface area contributed by atoms with Gasteiger partial charge >= 0.3 is 0 Å². The molecule has 0 radical (unpaired) electrons. The van der Waals surface area contributed by atoms with E-state index in [1.54, 1.807) is 0 Å². The molecule has 17 heavy (non-hydrogen) atoms. The molecule has 2 N–H and O–H groups in total. The van der Waals surface area contributed by atoms with E-state index in [-0.39, 0.29) is 5.54 Å². The van der Waals surface area contributed by atoms with Gasteiger partial charge in [-0.05, 0) is 45.2 Å². The van der Waals surface area contributed by atoms with Gasteiger partial charge < -0.3 is 10.6 Å². The van der Waals surface area contributed by atoms with Crippen LogP contribution >= 0.6 is 0 Å². The van der Waals surface area contributed by atoms with Gasteiger partial charge in [0.2, 0.25) is 0 Å². The van der Waals surface area contributed by atoms with Crippen LogP contribution in [0.5, 0.6) is 0 Å². The molecule has 100 valence electrons. The van der Waals surface area contributed by atoms with Gasteiger partial charge in [-0.2, -0.15) is 0 Å². The quantitative estimate of drug-likeness (QED) is 0.807. The lowest BCUT2D eigenvalue weighted by Gasteiger charge is -2.49. The second-order valence-electron chi connectivity index (χ2n) is 6.49. The Labute approximate surface area is 106 Å². The van der Waals surface area contributed by atoms with E-state index < -0.39 is 0 Å². The smallest absolute Gasteiger partial charge is 0.0355 e. The van der Waals surface area contributed by atoms with E-state index >= 15 is 0 Å². The molecule has 2 fully saturated rings. The van der Waals surface area contributed by atoms with Crippen molar-refractivity contribution in [2.75, 3.05) is 33.2 Å². The van der Waals surface area contributed by atoms with Crippen LogP contribution in [0.2, 0.25) is 0 Å². The van der Waals surface area contributed by atoms with Gasteiger partial charge in [0.25, 0.3) is 0 Å². The van der Waals surface area contributed by atoms with E-state index in [1.165, 1.54) is 45.3 Å². The summed E-state index contributed by atoms with van der Waals surface area (Å²) in [4.78, 5) is 5.23. The topological polar surface area (TPSA) is 32.5 Å². The molecule has 2 unspecified atom stereocenters. The molecule has 0 aromatic rings. The molecule has 2 atom stereocenters. The first-order valence-corrected chi connectivity index (χ1v) is 7.23. The van der Waals surface area contributed by atoms with Crippen LogP contribution in [0.3, 0.4) is 0 Å². The molecule has 0 aliphatic carbocycles. The first-order chi connectivity index (χ1) is 8.07. The largest absolute Gasteiger partial charge is 0.329 e. The molecule has 0 bridgehead atoms. The third-order valence-electron chi connectivity index (χ3n) is 4.81. The monoisotopic (exact) mass is 239 g/mol. The number of likely N-dealkylation sites (N-methyl/N-ethyl adjacent to an activating group) is 1. The summed E-state index contributed by atoms with van der Waals surface area (Å²) in [6.07, 6.45) is 5.31. The van der Waals surface area contributed by atoms with Gasteiger partial charge in [-0.25, -0.2) is 0 Å². The third-order valence-corrected chi connectivity index (χ3v) is 4.81. The van der Waals surface area contributed by atoms with Crippen molar-refractivity contribution in [2.45, 2.75) is 51.1 Å². The minimum atomic E-state index is 0.274. The number of nitrogens with zero attached hydrogens (tertiary/aromatic N) is 2. The van der Waals surface area contributed by atoms with Crippen molar-refractivity contribution < 1.29 is 0 Å². The molecule has 3 nitrogen and oxygen atoms in total. The van der Waals surface area contributed by atoms with Crippen molar-refractivity contribution in [3.05, 3.63) is 0 Å². The molecule has 2 heterocycles. The van der Waals surface area contributed by atoms with Crippen molar-refractivity contribution in [3.8, 4) is 0 Å². The van der Waals surface area contributed by atoms with E-state index in [0.29, 0.717) is 0 Å². The molecule has 3 heteroatoms. The summed E-state index contributed by atoms with van der Waals surface area (Å²) in [6.45, 7) is 9.16. The average molecular weight is 239 g/mol. The Morgan fingerprint density at radius 1 is 1.41 bits per heavy atom. The number of rotatable bonds is 4. The summed E-state index contributed by atoms with van der Waals surface area (Å²) < 4.78 is 0. The standard InChI is InChI=1S/C14H29N3/c1-12(2)10-16(3)14(11-15)6-8-17-7-4-5-13(17)9-14/h12-13H,4-11,15H2,1-3H3. The number of nitrogens with two attached hydrogens (primary N) is 1. The normalized spacial score (nSPS) is 34.6. The fourth-order valence-corrected chi connectivity index (χ4v) is 3.74. The van der Waals surface area contributed by atoms with E-state index in [9.17, 15) is 0 Å². The lowest BCUT2D eigenvalue weighted by atomic mass is 9.81. The Morgan fingerprint density at radius 2 is 2.18 bits per heavy atom. The number of hydrogen-bond acceptors (Lipinski definition) is 3. The van der Waals surface area contributed by atoms with Crippen molar-refractivity contribution in [2.24, 2.45) is 11.7 Å². The Hall–Kier alpha value is -0.120.